The van der Waals surface area contributed by atoms with Gasteiger partial charge < -0.3 is 10.2 Å². The highest BCUT2D eigenvalue weighted by Gasteiger charge is 2.40. The molecule has 0 aromatic heterocycles. The number of nitrogens with one attached hydrogen (secondary N) is 1. The summed E-state index contributed by atoms with van der Waals surface area (Å²) in [4.78, 5) is 24.9. The maximum Gasteiger partial charge on any atom is 0.243 e. The van der Waals surface area contributed by atoms with Gasteiger partial charge in [0.25, 0.3) is 0 Å². The Labute approximate surface area is 108 Å². The molecule has 1 atom stereocenters. The van der Waals surface area contributed by atoms with Crippen molar-refractivity contribution in [3.8, 4) is 0 Å². The molecule has 7 heteroatoms. The summed E-state index contributed by atoms with van der Waals surface area (Å²) < 4.78 is 22.3. The minimum atomic E-state index is -3.30. The van der Waals surface area contributed by atoms with Crippen LogP contribution in [0.5, 0.6) is 0 Å². The third-order valence-corrected chi connectivity index (χ3v) is 5.49. The van der Waals surface area contributed by atoms with Crippen LogP contribution in [0, 0.1) is 0 Å². The molecule has 1 N–H and O–H groups in total. The highest BCUT2D eigenvalue weighted by molar-refractivity contribution is 7.92. The summed E-state index contributed by atoms with van der Waals surface area (Å²) in [5, 5.41) is 2.51. The second kappa shape index (κ2) is 4.87. The molecule has 0 aliphatic carbocycles. The van der Waals surface area contributed by atoms with E-state index in [0.717, 1.165) is 6.26 Å². The number of hydrogen-bond donors (Lipinski definition) is 1. The average Bonchev–Trinajstić information content (AvgIpc) is 2.22. The van der Waals surface area contributed by atoms with Gasteiger partial charge in [0.15, 0.2) is 9.84 Å². The van der Waals surface area contributed by atoms with Crippen LogP contribution in [0.3, 0.4) is 0 Å². The Hall–Kier alpha value is -1.11. The zero-order chi connectivity index (χ0) is 14.1. The van der Waals surface area contributed by atoms with Gasteiger partial charge in [-0.25, -0.2) is 8.42 Å². The Balaban J connectivity index is 2.99. The molecule has 1 aliphatic heterocycles. The lowest BCUT2D eigenvalue weighted by Crippen LogP contribution is -2.61. The Morgan fingerprint density at radius 1 is 1.39 bits per heavy atom. The maximum absolute atomic E-state index is 11.8. The first-order valence-electron chi connectivity index (χ1n) is 5.87. The molecule has 1 unspecified atom stereocenters. The minimum Gasteiger partial charge on any atom is -0.345 e. The van der Waals surface area contributed by atoms with Crippen molar-refractivity contribution in [1.29, 1.82) is 0 Å². The van der Waals surface area contributed by atoms with E-state index in [2.05, 4.69) is 5.32 Å². The van der Waals surface area contributed by atoms with Gasteiger partial charge >= 0.3 is 0 Å². The van der Waals surface area contributed by atoms with Crippen LogP contribution in [0.4, 0.5) is 0 Å². The van der Waals surface area contributed by atoms with Crippen molar-refractivity contribution in [2.45, 2.75) is 38.0 Å². The van der Waals surface area contributed by atoms with Gasteiger partial charge in [0, 0.05) is 12.8 Å². The predicted molar refractivity (Wildman–Crippen MR) is 67.7 cm³/mol. The van der Waals surface area contributed by atoms with E-state index in [9.17, 15) is 18.0 Å². The van der Waals surface area contributed by atoms with E-state index in [1.165, 1.54) is 4.90 Å². The molecule has 1 rings (SSSR count). The van der Waals surface area contributed by atoms with Crippen LogP contribution < -0.4 is 5.32 Å². The fraction of sp³-hybridized carbons (Fsp3) is 0.818. The van der Waals surface area contributed by atoms with Gasteiger partial charge in [-0.3, -0.25) is 9.59 Å². The van der Waals surface area contributed by atoms with E-state index in [0.29, 0.717) is 6.42 Å². The number of hydrogen-bond acceptors (Lipinski definition) is 4. The second-order valence-corrected chi connectivity index (χ2v) is 7.84. The lowest BCUT2D eigenvalue weighted by molar-refractivity contribution is -0.146. The second-order valence-electron chi connectivity index (χ2n) is 5.20. The van der Waals surface area contributed by atoms with Crippen LogP contribution in [0.1, 0.15) is 27.2 Å². The molecule has 104 valence electrons. The van der Waals surface area contributed by atoms with Gasteiger partial charge in [-0.15, -0.1) is 0 Å². The van der Waals surface area contributed by atoms with Gasteiger partial charge in [0.05, 0.1) is 11.3 Å². The van der Waals surface area contributed by atoms with E-state index in [1.54, 1.807) is 20.8 Å². The molecular formula is C11H20N2O4S. The molecule has 1 heterocycles. The van der Waals surface area contributed by atoms with Crippen LogP contribution in [0.2, 0.25) is 0 Å². The fourth-order valence-corrected chi connectivity index (χ4v) is 2.20. The Bertz CT molecular complexity index is 456. The number of sulfone groups is 1. The van der Waals surface area contributed by atoms with Crippen LogP contribution in [-0.4, -0.2) is 55.3 Å². The zero-order valence-corrected chi connectivity index (χ0v) is 12.0. The third-order valence-electron chi connectivity index (χ3n) is 3.35. The van der Waals surface area contributed by atoms with Crippen molar-refractivity contribution in [2.75, 3.05) is 19.3 Å². The Morgan fingerprint density at radius 2 is 1.94 bits per heavy atom. The average molecular weight is 276 g/mol. The number of amides is 2. The molecule has 0 aromatic rings. The van der Waals surface area contributed by atoms with E-state index in [-0.39, 0.29) is 24.9 Å². The van der Waals surface area contributed by atoms with E-state index >= 15 is 0 Å². The maximum atomic E-state index is 11.8. The topological polar surface area (TPSA) is 83.6 Å². The lowest BCUT2D eigenvalue weighted by Gasteiger charge is -2.38. The summed E-state index contributed by atoms with van der Waals surface area (Å²) in [5.74, 6) is -0.459. The van der Waals surface area contributed by atoms with Crippen LogP contribution >= 0.6 is 0 Å². The van der Waals surface area contributed by atoms with E-state index < -0.39 is 20.6 Å². The minimum absolute atomic E-state index is 0.0383. The highest BCUT2D eigenvalue weighted by Crippen LogP contribution is 2.20. The van der Waals surface area contributed by atoms with Crippen molar-refractivity contribution in [1.82, 2.24) is 10.2 Å². The first-order chi connectivity index (χ1) is 8.10. The SMILES string of the molecule is CCC1C(=O)NCC(=O)N1CC(C)(C)S(C)(=O)=O. The number of rotatable bonds is 4. The molecule has 0 saturated carbocycles. The van der Waals surface area contributed by atoms with Gasteiger partial charge in [-0.05, 0) is 20.3 Å². The molecule has 0 bridgehead atoms. The molecule has 0 spiro atoms. The monoisotopic (exact) mass is 276 g/mol. The van der Waals surface area contributed by atoms with E-state index in [1.807, 2.05) is 0 Å². The first kappa shape index (κ1) is 14.9. The van der Waals surface area contributed by atoms with Gasteiger partial charge in [-0.1, -0.05) is 6.92 Å². The standard InChI is InChI=1S/C11H20N2O4S/c1-5-8-10(15)12-6-9(14)13(8)7-11(2,3)18(4,16)17/h8H,5-7H2,1-4H3,(H,12,15). The van der Waals surface area contributed by atoms with Crippen molar-refractivity contribution in [2.24, 2.45) is 0 Å². The van der Waals surface area contributed by atoms with Crippen molar-refractivity contribution in [3.05, 3.63) is 0 Å². The number of piperazine rings is 1. The summed E-state index contributed by atoms with van der Waals surface area (Å²) in [6.07, 6.45) is 1.61. The van der Waals surface area contributed by atoms with Crippen LogP contribution in [-0.2, 0) is 19.4 Å². The fourth-order valence-electron chi connectivity index (χ4n) is 1.83. The smallest absolute Gasteiger partial charge is 0.243 e. The summed E-state index contributed by atoms with van der Waals surface area (Å²) in [7, 11) is -3.30. The Kier molecular flexibility index (Phi) is 4.05. The molecule has 0 radical (unpaired) electrons. The summed E-state index contributed by atoms with van der Waals surface area (Å²) in [6, 6.07) is -0.577. The molecule has 6 nitrogen and oxygen atoms in total. The van der Waals surface area contributed by atoms with Gasteiger partial charge in [-0.2, -0.15) is 0 Å². The molecular weight excluding hydrogens is 256 g/mol. The molecule has 2 amide bonds. The highest BCUT2D eigenvalue weighted by atomic mass is 32.2. The first-order valence-corrected chi connectivity index (χ1v) is 7.76. The van der Waals surface area contributed by atoms with E-state index in [4.69, 9.17) is 0 Å². The molecule has 18 heavy (non-hydrogen) atoms. The summed E-state index contributed by atoms with van der Waals surface area (Å²) in [5.41, 5.74) is 0. The van der Waals surface area contributed by atoms with Gasteiger partial charge in [0.2, 0.25) is 11.8 Å². The molecule has 0 aromatic carbocycles. The lowest BCUT2D eigenvalue weighted by atomic mass is 10.1. The quantitative estimate of drug-likeness (QED) is 0.753. The van der Waals surface area contributed by atoms with Crippen molar-refractivity contribution >= 4 is 21.7 Å². The Morgan fingerprint density at radius 3 is 2.39 bits per heavy atom. The van der Waals surface area contributed by atoms with Gasteiger partial charge in [0.1, 0.15) is 6.04 Å². The number of carbonyl (C=O) groups is 2. The van der Waals surface area contributed by atoms with Crippen molar-refractivity contribution < 1.29 is 18.0 Å². The van der Waals surface area contributed by atoms with Crippen molar-refractivity contribution in [3.63, 3.8) is 0 Å². The molecule has 1 saturated heterocycles. The summed E-state index contributed by atoms with van der Waals surface area (Å²) >= 11 is 0. The predicted octanol–water partition coefficient (Wildman–Crippen LogP) is -0.453. The molecule has 1 fully saturated rings. The zero-order valence-electron chi connectivity index (χ0n) is 11.2. The third kappa shape index (κ3) is 2.82. The van der Waals surface area contributed by atoms with Crippen LogP contribution in [0.15, 0.2) is 0 Å². The normalized spacial score (nSPS) is 22.0. The number of carbonyl (C=O) groups excluding carboxylic acids is 2. The summed E-state index contributed by atoms with van der Waals surface area (Å²) in [6.45, 7) is 4.90. The van der Waals surface area contributed by atoms with Crippen LogP contribution in [0.25, 0.3) is 0 Å². The largest absolute Gasteiger partial charge is 0.345 e. The molecule has 1 aliphatic rings. The number of nitrogens with zero attached hydrogens (tertiary/aromatic N) is 1.